The van der Waals surface area contributed by atoms with Gasteiger partial charge in [0.15, 0.2) is 6.29 Å². The summed E-state index contributed by atoms with van der Waals surface area (Å²) in [5, 5.41) is 0. The molecular formula is C8H5IN2O. The third-order valence-electron chi connectivity index (χ3n) is 1.67. The zero-order valence-electron chi connectivity index (χ0n) is 6.07. The number of aromatic nitrogens is 2. The smallest absolute Gasteiger partial charge is 0.152 e. The molecule has 2 aromatic rings. The van der Waals surface area contributed by atoms with E-state index in [-0.39, 0.29) is 0 Å². The average molecular weight is 272 g/mol. The molecule has 0 saturated carbocycles. The quantitative estimate of drug-likeness (QED) is 0.585. The van der Waals surface area contributed by atoms with Gasteiger partial charge in [-0.1, -0.05) is 0 Å². The molecule has 0 radical (unpaired) electrons. The molecule has 4 heteroatoms. The van der Waals surface area contributed by atoms with Gasteiger partial charge in [-0.05, 0) is 34.7 Å². The molecule has 0 spiro atoms. The van der Waals surface area contributed by atoms with Gasteiger partial charge >= 0.3 is 0 Å². The standard InChI is InChI=1S/C8H5IN2O/c9-8-7-6(4-12)2-1-3-11(7)5-10-8/h1-5H. The summed E-state index contributed by atoms with van der Waals surface area (Å²) >= 11 is 2.11. The predicted molar refractivity (Wildman–Crippen MR) is 53.3 cm³/mol. The van der Waals surface area contributed by atoms with Crippen LogP contribution in [0, 0.1) is 3.70 Å². The molecule has 0 N–H and O–H groups in total. The van der Waals surface area contributed by atoms with Crippen molar-refractivity contribution in [1.82, 2.24) is 9.38 Å². The first-order valence-corrected chi connectivity index (χ1v) is 4.47. The topological polar surface area (TPSA) is 34.4 Å². The summed E-state index contributed by atoms with van der Waals surface area (Å²) in [6.45, 7) is 0. The van der Waals surface area contributed by atoms with Crippen molar-refractivity contribution in [2.45, 2.75) is 0 Å². The van der Waals surface area contributed by atoms with Crippen LogP contribution in [0.5, 0.6) is 0 Å². The van der Waals surface area contributed by atoms with E-state index < -0.39 is 0 Å². The molecule has 0 bridgehead atoms. The Balaban J connectivity index is 2.93. The number of rotatable bonds is 1. The summed E-state index contributed by atoms with van der Waals surface area (Å²) in [4.78, 5) is 14.7. The normalized spacial score (nSPS) is 10.4. The van der Waals surface area contributed by atoms with Gasteiger partial charge in [0.05, 0.1) is 5.52 Å². The Morgan fingerprint density at radius 1 is 1.58 bits per heavy atom. The van der Waals surface area contributed by atoms with E-state index in [1.165, 1.54) is 0 Å². The van der Waals surface area contributed by atoms with Gasteiger partial charge < -0.3 is 4.40 Å². The third-order valence-corrected chi connectivity index (χ3v) is 2.46. The van der Waals surface area contributed by atoms with Crippen LogP contribution in [0.15, 0.2) is 24.7 Å². The average Bonchev–Trinajstić information content (AvgIpc) is 2.48. The number of nitrogens with zero attached hydrogens (tertiary/aromatic N) is 2. The summed E-state index contributed by atoms with van der Waals surface area (Å²) in [5.74, 6) is 0. The maximum atomic E-state index is 10.6. The van der Waals surface area contributed by atoms with Crippen LogP contribution >= 0.6 is 22.6 Å². The van der Waals surface area contributed by atoms with Crippen LogP contribution in [0.2, 0.25) is 0 Å². The molecular weight excluding hydrogens is 267 g/mol. The summed E-state index contributed by atoms with van der Waals surface area (Å²) in [5.41, 5.74) is 1.56. The number of carbonyl (C=O) groups excluding carboxylic acids is 1. The van der Waals surface area contributed by atoms with Crippen LogP contribution in [-0.4, -0.2) is 15.7 Å². The zero-order chi connectivity index (χ0) is 8.55. The SMILES string of the molecule is O=Cc1cccn2cnc(I)c12. The molecule has 0 aliphatic carbocycles. The maximum absolute atomic E-state index is 10.6. The number of hydrogen-bond acceptors (Lipinski definition) is 2. The van der Waals surface area contributed by atoms with Crippen molar-refractivity contribution in [1.29, 1.82) is 0 Å². The van der Waals surface area contributed by atoms with Crippen molar-refractivity contribution in [2.24, 2.45) is 0 Å². The van der Waals surface area contributed by atoms with Gasteiger partial charge in [0.2, 0.25) is 0 Å². The maximum Gasteiger partial charge on any atom is 0.152 e. The Kier molecular flexibility index (Phi) is 1.84. The zero-order valence-corrected chi connectivity index (χ0v) is 8.22. The molecule has 0 aromatic carbocycles. The largest absolute Gasteiger partial charge is 0.305 e. The molecule has 2 rings (SSSR count). The van der Waals surface area contributed by atoms with E-state index in [2.05, 4.69) is 27.6 Å². The molecule has 0 saturated heterocycles. The number of pyridine rings is 1. The molecule has 0 atom stereocenters. The third kappa shape index (κ3) is 1.03. The minimum atomic E-state index is 0.680. The highest BCUT2D eigenvalue weighted by Gasteiger charge is 2.04. The number of aldehydes is 1. The fraction of sp³-hybridized carbons (Fsp3) is 0. The summed E-state index contributed by atoms with van der Waals surface area (Å²) in [7, 11) is 0. The number of imidazole rings is 1. The lowest BCUT2D eigenvalue weighted by atomic mass is 10.2. The summed E-state index contributed by atoms with van der Waals surface area (Å²) in [6, 6.07) is 3.61. The van der Waals surface area contributed by atoms with Crippen LogP contribution in [0.25, 0.3) is 5.52 Å². The number of fused-ring (bicyclic) bond motifs is 1. The van der Waals surface area contributed by atoms with Crippen LogP contribution in [0.1, 0.15) is 10.4 Å². The Bertz CT molecular complexity index is 436. The highest BCUT2D eigenvalue weighted by atomic mass is 127. The second kappa shape index (κ2) is 2.85. The fourth-order valence-electron chi connectivity index (χ4n) is 1.13. The predicted octanol–water partition coefficient (Wildman–Crippen LogP) is 1.75. The van der Waals surface area contributed by atoms with Crippen molar-refractivity contribution in [3.05, 3.63) is 33.9 Å². The van der Waals surface area contributed by atoms with Gasteiger partial charge in [-0.15, -0.1) is 0 Å². The summed E-state index contributed by atoms with van der Waals surface area (Å²) < 4.78 is 2.70. The lowest BCUT2D eigenvalue weighted by Crippen LogP contribution is -1.88. The number of halogens is 1. The molecule has 0 fully saturated rings. The molecule has 0 aliphatic heterocycles. The first-order valence-electron chi connectivity index (χ1n) is 3.39. The van der Waals surface area contributed by atoms with Crippen LogP contribution in [-0.2, 0) is 0 Å². The van der Waals surface area contributed by atoms with Crippen molar-refractivity contribution in [3.63, 3.8) is 0 Å². The van der Waals surface area contributed by atoms with Gasteiger partial charge in [-0.3, -0.25) is 4.79 Å². The van der Waals surface area contributed by atoms with Crippen LogP contribution in [0.4, 0.5) is 0 Å². The minimum Gasteiger partial charge on any atom is -0.305 e. The van der Waals surface area contributed by atoms with Gasteiger partial charge in [0.25, 0.3) is 0 Å². The first-order chi connectivity index (χ1) is 5.83. The highest BCUT2D eigenvalue weighted by Crippen LogP contribution is 2.14. The van der Waals surface area contributed by atoms with E-state index in [0.717, 1.165) is 15.5 Å². The highest BCUT2D eigenvalue weighted by molar-refractivity contribution is 14.1. The lowest BCUT2D eigenvalue weighted by molar-refractivity contribution is 0.112. The second-order valence-corrected chi connectivity index (χ2v) is 3.39. The van der Waals surface area contributed by atoms with E-state index in [0.29, 0.717) is 5.56 Å². The van der Waals surface area contributed by atoms with E-state index in [4.69, 9.17) is 0 Å². The van der Waals surface area contributed by atoms with E-state index in [9.17, 15) is 4.79 Å². The Labute approximate surface area is 82.6 Å². The second-order valence-electron chi connectivity index (χ2n) is 2.37. The molecule has 2 aromatic heterocycles. The van der Waals surface area contributed by atoms with Crippen molar-refractivity contribution < 1.29 is 4.79 Å². The molecule has 0 aliphatic rings. The monoisotopic (exact) mass is 272 g/mol. The minimum absolute atomic E-state index is 0.680. The van der Waals surface area contributed by atoms with Gasteiger partial charge in [0, 0.05) is 11.8 Å². The number of carbonyl (C=O) groups is 1. The Morgan fingerprint density at radius 3 is 3.17 bits per heavy atom. The van der Waals surface area contributed by atoms with Crippen molar-refractivity contribution >= 4 is 34.4 Å². The van der Waals surface area contributed by atoms with E-state index in [1.807, 2.05) is 16.7 Å². The van der Waals surface area contributed by atoms with Crippen LogP contribution < -0.4 is 0 Å². The molecule has 60 valence electrons. The van der Waals surface area contributed by atoms with Crippen molar-refractivity contribution in [3.8, 4) is 0 Å². The van der Waals surface area contributed by atoms with Gasteiger partial charge in [-0.2, -0.15) is 0 Å². The van der Waals surface area contributed by atoms with Gasteiger partial charge in [0.1, 0.15) is 10.0 Å². The Morgan fingerprint density at radius 2 is 2.42 bits per heavy atom. The van der Waals surface area contributed by atoms with E-state index in [1.54, 1.807) is 12.4 Å². The molecule has 3 nitrogen and oxygen atoms in total. The first kappa shape index (κ1) is 7.72. The number of hydrogen-bond donors (Lipinski definition) is 0. The fourth-order valence-corrected chi connectivity index (χ4v) is 1.85. The van der Waals surface area contributed by atoms with E-state index >= 15 is 0 Å². The molecule has 2 heterocycles. The Hall–Kier alpha value is -0.910. The van der Waals surface area contributed by atoms with Crippen molar-refractivity contribution in [2.75, 3.05) is 0 Å². The summed E-state index contributed by atoms with van der Waals surface area (Å²) in [6.07, 6.45) is 4.42. The van der Waals surface area contributed by atoms with Gasteiger partial charge in [-0.25, -0.2) is 4.98 Å². The molecule has 12 heavy (non-hydrogen) atoms. The molecule has 0 amide bonds. The molecule has 0 unspecified atom stereocenters. The lowest BCUT2D eigenvalue weighted by Gasteiger charge is -1.95. The van der Waals surface area contributed by atoms with Crippen LogP contribution in [0.3, 0.4) is 0 Å².